The second-order valence-electron chi connectivity index (χ2n) is 12.0. The summed E-state index contributed by atoms with van der Waals surface area (Å²) < 4.78 is 32.4. The highest BCUT2D eigenvalue weighted by atomic mass is 31.2. The Morgan fingerprint density at radius 1 is 0.627 bits per heavy atom. The zero-order chi connectivity index (χ0) is 37.8. The van der Waals surface area contributed by atoms with E-state index in [1.165, 1.54) is 25.7 Å². The molecule has 0 saturated heterocycles. The number of nitrogens with two attached hydrogens (primary N) is 1. The maximum absolute atomic E-state index is 12.5. The third-order valence-corrected chi connectivity index (χ3v) is 8.18. The number of aliphatic carboxylic acids is 1. The Kier molecular flexibility index (Phi) is 32.0. The lowest BCUT2D eigenvalue weighted by Crippen LogP contribution is -2.34. The van der Waals surface area contributed by atoms with Gasteiger partial charge in [0.2, 0.25) is 0 Å². The van der Waals surface area contributed by atoms with E-state index in [1.807, 2.05) is 18.2 Å². The van der Waals surface area contributed by atoms with Crippen LogP contribution in [0.1, 0.15) is 123 Å². The molecule has 0 spiro atoms. The van der Waals surface area contributed by atoms with Gasteiger partial charge in [-0.1, -0.05) is 132 Å². The number of esters is 2. The van der Waals surface area contributed by atoms with Gasteiger partial charge in [0.05, 0.1) is 13.2 Å². The first kappa shape index (κ1) is 47.9. The summed E-state index contributed by atoms with van der Waals surface area (Å²) in [6.07, 6.45) is 38.7. The van der Waals surface area contributed by atoms with E-state index in [0.29, 0.717) is 19.3 Å². The smallest absolute Gasteiger partial charge is 0.472 e. The fourth-order valence-corrected chi connectivity index (χ4v) is 5.10. The molecule has 12 heteroatoms. The van der Waals surface area contributed by atoms with Crippen LogP contribution in [-0.2, 0) is 37.5 Å². The number of carboxylic acids is 1. The van der Waals surface area contributed by atoms with Crippen LogP contribution in [0.2, 0.25) is 0 Å². The number of phosphoric ester groups is 1. The molecule has 0 rings (SSSR count). The molecule has 4 N–H and O–H groups in total. The van der Waals surface area contributed by atoms with Gasteiger partial charge in [-0.05, 0) is 51.4 Å². The fourth-order valence-electron chi connectivity index (χ4n) is 4.32. The normalized spacial score (nSPS) is 14.7. The van der Waals surface area contributed by atoms with Gasteiger partial charge < -0.3 is 25.2 Å². The summed E-state index contributed by atoms with van der Waals surface area (Å²) in [4.78, 5) is 45.5. The summed E-state index contributed by atoms with van der Waals surface area (Å²) in [5.41, 5.74) is 5.30. The molecule has 290 valence electrons. The van der Waals surface area contributed by atoms with Crippen molar-refractivity contribution in [3.8, 4) is 0 Å². The van der Waals surface area contributed by atoms with Crippen molar-refractivity contribution in [2.75, 3.05) is 19.8 Å². The van der Waals surface area contributed by atoms with E-state index < -0.39 is 51.1 Å². The predicted molar refractivity (Wildman–Crippen MR) is 203 cm³/mol. The van der Waals surface area contributed by atoms with Crippen molar-refractivity contribution in [3.63, 3.8) is 0 Å². The van der Waals surface area contributed by atoms with E-state index in [0.717, 1.165) is 51.4 Å². The topological polar surface area (TPSA) is 172 Å². The first-order chi connectivity index (χ1) is 24.6. The highest BCUT2D eigenvalue weighted by Crippen LogP contribution is 2.43. The maximum atomic E-state index is 12.5. The predicted octanol–water partition coefficient (Wildman–Crippen LogP) is 9.00. The van der Waals surface area contributed by atoms with Crippen LogP contribution in [0.3, 0.4) is 0 Å². The number of hydrogen-bond donors (Lipinski definition) is 3. The van der Waals surface area contributed by atoms with Crippen LogP contribution < -0.4 is 5.73 Å². The van der Waals surface area contributed by atoms with Crippen molar-refractivity contribution in [3.05, 3.63) is 72.9 Å². The Labute approximate surface area is 306 Å². The molecule has 0 aliphatic carbocycles. The van der Waals surface area contributed by atoms with E-state index in [4.69, 9.17) is 24.8 Å². The molecule has 51 heavy (non-hydrogen) atoms. The van der Waals surface area contributed by atoms with E-state index in [9.17, 15) is 23.8 Å². The van der Waals surface area contributed by atoms with Gasteiger partial charge in [0.15, 0.2) is 6.10 Å². The first-order valence-corrected chi connectivity index (χ1v) is 20.0. The summed E-state index contributed by atoms with van der Waals surface area (Å²) in [5, 5.41) is 8.84. The molecule has 11 nitrogen and oxygen atoms in total. The van der Waals surface area contributed by atoms with Gasteiger partial charge >= 0.3 is 25.7 Å². The molecule has 3 unspecified atom stereocenters. The van der Waals surface area contributed by atoms with Gasteiger partial charge in [0.25, 0.3) is 0 Å². The minimum atomic E-state index is -4.73. The lowest BCUT2D eigenvalue weighted by atomic mass is 10.1. The van der Waals surface area contributed by atoms with Crippen LogP contribution in [-0.4, -0.2) is 59.9 Å². The number of phosphoric acid groups is 1. The van der Waals surface area contributed by atoms with E-state index in [-0.39, 0.29) is 19.4 Å². The van der Waals surface area contributed by atoms with Crippen molar-refractivity contribution in [1.82, 2.24) is 0 Å². The second kappa shape index (κ2) is 34.0. The monoisotopic (exact) mass is 737 g/mol. The zero-order valence-corrected chi connectivity index (χ0v) is 31.8. The third-order valence-electron chi connectivity index (χ3n) is 7.23. The molecule has 0 saturated carbocycles. The molecule has 0 bridgehead atoms. The van der Waals surface area contributed by atoms with Crippen LogP contribution >= 0.6 is 7.82 Å². The van der Waals surface area contributed by atoms with Gasteiger partial charge in [-0.15, -0.1) is 0 Å². The van der Waals surface area contributed by atoms with Crippen molar-refractivity contribution >= 4 is 25.7 Å². The lowest BCUT2D eigenvalue weighted by molar-refractivity contribution is -0.161. The van der Waals surface area contributed by atoms with Crippen molar-refractivity contribution in [1.29, 1.82) is 0 Å². The van der Waals surface area contributed by atoms with Crippen molar-refractivity contribution in [2.45, 2.75) is 135 Å². The minimum absolute atomic E-state index is 0.0334. The van der Waals surface area contributed by atoms with Crippen molar-refractivity contribution in [2.24, 2.45) is 5.73 Å². The Hall–Kier alpha value is -3.08. The molecule has 0 fully saturated rings. The fraction of sp³-hybridized carbons (Fsp3) is 0.615. The van der Waals surface area contributed by atoms with E-state index in [1.54, 1.807) is 0 Å². The molecule has 0 aliphatic rings. The molecule has 0 aromatic heterocycles. The van der Waals surface area contributed by atoms with Gasteiger partial charge in [-0.3, -0.25) is 23.4 Å². The van der Waals surface area contributed by atoms with Crippen LogP contribution in [0.25, 0.3) is 0 Å². The summed E-state index contributed by atoms with van der Waals surface area (Å²) in [5.74, 6) is -2.50. The van der Waals surface area contributed by atoms with Crippen molar-refractivity contribution < 1.29 is 47.5 Å². The molecule has 3 atom stereocenters. The molecule has 0 aromatic rings. The van der Waals surface area contributed by atoms with Crippen LogP contribution in [0.15, 0.2) is 72.9 Å². The largest absolute Gasteiger partial charge is 0.480 e. The summed E-state index contributed by atoms with van der Waals surface area (Å²) in [6.45, 7) is 2.53. The second-order valence-corrected chi connectivity index (χ2v) is 13.4. The molecular formula is C39H64NO10P. The third kappa shape index (κ3) is 33.8. The van der Waals surface area contributed by atoms with Crippen LogP contribution in [0.4, 0.5) is 0 Å². The van der Waals surface area contributed by atoms with Gasteiger partial charge in [0, 0.05) is 12.8 Å². The Bertz CT molecular complexity index is 1140. The number of carbonyl (C=O) groups excluding carboxylic acids is 2. The molecule has 0 radical (unpaired) electrons. The number of hydrogen-bond acceptors (Lipinski definition) is 9. The SMILES string of the molecule is CC/C=C\C/C=C\C/C=C\C/C=C\C/C=C\C/C=C\CCC(=O)OC(COC(=O)CCCCCCCCCC)COP(=O)(O)OCC(N)C(=O)O. The average Bonchev–Trinajstić information content (AvgIpc) is 3.10. The Balaban J connectivity index is 4.57. The lowest BCUT2D eigenvalue weighted by Gasteiger charge is -2.20. The number of allylic oxidation sites excluding steroid dienone is 12. The zero-order valence-electron chi connectivity index (χ0n) is 30.9. The summed E-state index contributed by atoms with van der Waals surface area (Å²) in [6, 6.07) is -1.53. The summed E-state index contributed by atoms with van der Waals surface area (Å²) >= 11 is 0. The number of unbranched alkanes of at least 4 members (excludes halogenated alkanes) is 7. The summed E-state index contributed by atoms with van der Waals surface area (Å²) in [7, 11) is -4.73. The number of ether oxygens (including phenoxy) is 2. The highest BCUT2D eigenvalue weighted by Gasteiger charge is 2.28. The van der Waals surface area contributed by atoms with Gasteiger partial charge in [-0.2, -0.15) is 0 Å². The number of rotatable bonds is 33. The molecule has 0 aromatic carbocycles. The Morgan fingerprint density at radius 2 is 1.10 bits per heavy atom. The van der Waals surface area contributed by atoms with Crippen LogP contribution in [0.5, 0.6) is 0 Å². The van der Waals surface area contributed by atoms with Gasteiger partial charge in [-0.25, -0.2) is 4.57 Å². The molecule has 0 amide bonds. The number of carbonyl (C=O) groups is 3. The molecule has 0 heterocycles. The molecular weight excluding hydrogens is 673 g/mol. The first-order valence-electron chi connectivity index (χ1n) is 18.5. The van der Waals surface area contributed by atoms with E-state index in [2.05, 4.69) is 73.1 Å². The average molecular weight is 738 g/mol. The standard InChI is InChI=1S/C39H64NO10P/c1-3-5-7-9-11-13-14-15-16-17-18-19-20-21-22-23-25-27-29-31-38(42)50-35(33-48-51(45,46)49-34-36(40)39(43)44)32-47-37(41)30-28-26-24-12-10-8-6-4-2/h5,7,11,13,15-16,18-19,21-22,25,27,35-36H,3-4,6,8-10,12,14,17,20,23-24,26,28-34,40H2,1-2H3,(H,43,44)(H,45,46)/b7-5-,13-11-,16-15-,19-18-,22-21-,27-25-. The maximum Gasteiger partial charge on any atom is 0.472 e. The van der Waals surface area contributed by atoms with Gasteiger partial charge in [0.1, 0.15) is 12.6 Å². The molecule has 0 aliphatic heterocycles. The van der Waals surface area contributed by atoms with E-state index >= 15 is 0 Å². The highest BCUT2D eigenvalue weighted by molar-refractivity contribution is 7.47. The minimum Gasteiger partial charge on any atom is -0.480 e. The number of carboxylic acid groups (broad SMARTS) is 1. The van der Waals surface area contributed by atoms with Crippen LogP contribution in [0, 0.1) is 0 Å². The Morgan fingerprint density at radius 3 is 1.61 bits per heavy atom. The quantitative estimate of drug-likeness (QED) is 0.0254.